The monoisotopic (exact) mass is 429 g/mol. The molecule has 0 spiro atoms. The van der Waals surface area contributed by atoms with Gasteiger partial charge in [-0.1, -0.05) is 24.3 Å². The Morgan fingerprint density at radius 2 is 1.68 bits per heavy atom. The van der Waals surface area contributed by atoms with E-state index >= 15 is 0 Å². The molecule has 0 saturated heterocycles. The maximum absolute atomic E-state index is 13.0. The standard InChI is InChI=1S/C17H14F3N3O3S2/c1-23-15(11-7-3-4-8-12(11)26-2)21-22-16(23)27-13-9-5-6-10-14(13)28(24,25)17(18,19)20/h3-10H,1-2H3. The van der Waals surface area contributed by atoms with Crippen molar-refractivity contribution in [1.82, 2.24) is 14.8 Å². The quantitative estimate of drug-likeness (QED) is 0.612. The van der Waals surface area contributed by atoms with Gasteiger partial charge in [-0.05, 0) is 36.0 Å². The average molecular weight is 429 g/mol. The largest absolute Gasteiger partial charge is 0.501 e. The third kappa shape index (κ3) is 3.59. The Morgan fingerprint density at radius 3 is 2.36 bits per heavy atom. The molecule has 0 atom stereocenters. The molecule has 0 unspecified atom stereocenters. The molecule has 2 aromatic carbocycles. The molecule has 0 amide bonds. The van der Waals surface area contributed by atoms with Crippen molar-refractivity contribution in [1.29, 1.82) is 0 Å². The molecule has 0 fully saturated rings. The molecule has 1 heterocycles. The molecule has 0 aliphatic heterocycles. The fourth-order valence-corrected chi connectivity index (χ4v) is 4.56. The molecule has 0 aliphatic carbocycles. The Hall–Kier alpha value is -2.53. The number of para-hydroxylation sites is 1. The van der Waals surface area contributed by atoms with Crippen LogP contribution in [0.2, 0.25) is 0 Å². The number of nitrogens with zero attached hydrogens (tertiary/aromatic N) is 3. The number of ether oxygens (including phenoxy) is 1. The van der Waals surface area contributed by atoms with Gasteiger partial charge >= 0.3 is 5.51 Å². The van der Waals surface area contributed by atoms with E-state index in [9.17, 15) is 21.6 Å². The summed E-state index contributed by atoms with van der Waals surface area (Å²) in [6, 6.07) is 12.0. The first-order valence-corrected chi connectivity index (χ1v) is 10.1. The van der Waals surface area contributed by atoms with Crippen LogP contribution in [0.3, 0.4) is 0 Å². The molecule has 3 aromatic rings. The summed E-state index contributed by atoms with van der Waals surface area (Å²) < 4.78 is 69.5. The number of hydrogen-bond donors (Lipinski definition) is 0. The molecule has 0 aliphatic rings. The van der Waals surface area contributed by atoms with Gasteiger partial charge in [-0.2, -0.15) is 13.2 Å². The van der Waals surface area contributed by atoms with E-state index in [0.717, 1.165) is 17.8 Å². The maximum atomic E-state index is 13.0. The van der Waals surface area contributed by atoms with Gasteiger partial charge in [-0.25, -0.2) is 8.42 Å². The van der Waals surface area contributed by atoms with E-state index in [1.807, 2.05) is 0 Å². The lowest BCUT2D eigenvalue weighted by molar-refractivity contribution is -0.0437. The van der Waals surface area contributed by atoms with Crippen molar-refractivity contribution in [2.45, 2.75) is 20.5 Å². The van der Waals surface area contributed by atoms with Crippen molar-refractivity contribution in [3.8, 4) is 17.1 Å². The average Bonchev–Trinajstić information content (AvgIpc) is 3.01. The van der Waals surface area contributed by atoms with Crippen molar-refractivity contribution in [3.63, 3.8) is 0 Å². The number of halogens is 3. The van der Waals surface area contributed by atoms with Crippen LogP contribution in [0.15, 0.2) is 63.5 Å². The Kier molecular flexibility index (Phi) is 5.39. The van der Waals surface area contributed by atoms with Gasteiger partial charge in [0.05, 0.1) is 17.6 Å². The van der Waals surface area contributed by atoms with Gasteiger partial charge in [0.1, 0.15) is 5.75 Å². The van der Waals surface area contributed by atoms with E-state index in [2.05, 4.69) is 10.2 Å². The highest BCUT2D eigenvalue weighted by molar-refractivity contribution is 8.00. The van der Waals surface area contributed by atoms with Gasteiger partial charge in [0.2, 0.25) is 0 Å². The lowest BCUT2D eigenvalue weighted by Crippen LogP contribution is -2.23. The minimum atomic E-state index is -5.49. The van der Waals surface area contributed by atoms with Crippen LogP contribution >= 0.6 is 11.8 Å². The second-order valence-corrected chi connectivity index (χ2v) is 8.48. The summed E-state index contributed by atoms with van der Waals surface area (Å²) in [5, 5.41) is 8.29. The third-order valence-corrected chi connectivity index (χ3v) is 6.62. The molecule has 3 rings (SSSR count). The number of hydrogen-bond acceptors (Lipinski definition) is 6. The highest BCUT2D eigenvalue weighted by Gasteiger charge is 2.48. The predicted molar refractivity (Wildman–Crippen MR) is 96.8 cm³/mol. The normalized spacial score (nSPS) is 12.2. The first kappa shape index (κ1) is 20.2. The molecule has 148 valence electrons. The molecule has 0 N–H and O–H groups in total. The van der Waals surface area contributed by atoms with E-state index in [-0.39, 0.29) is 10.1 Å². The summed E-state index contributed by atoms with van der Waals surface area (Å²) in [6.07, 6.45) is 0. The van der Waals surface area contributed by atoms with Crippen LogP contribution in [0.25, 0.3) is 11.4 Å². The van der Waals surface area contributed by atoms with Gasteiger partial charge in [0.25, 0.3) is 9.84 Å². The zero-order valence-electron chi connectivity index (χ0n) is 14.6. The SMILES string of the molecule is COc1ccccc1-c1nnc(Sc2ccccc2S(=O)(=O)C(F)(F)F)n1C. The van der Waals surface area contributed by atoms with E-state index in [0.29, 0.717) is 17.1 Å². The van der Waals surface area contributed by atoms with Crippen LogP contribution in [0.4, 0.5) is 13.2 Å². The van der Waals surface area contributed by atoms with E-state index < -0.39 is 20.2 Å². The molecule has 0 radical (unpaired) electrons. The van der Waals surface area contributed by atoms with Crippen LogP contribution in [0, 0.1) is 0 Å². The van der Waals surface area contributed by atoms with Crippen molar-refractivity contribution >= 4 is 21.6 Å². The maximum Gasteiger partial charge on any atom is 0.501 e. The van der Waals surface area contributed by atoms with Crippen LogP contribution in [-0.4, -0.2) is 35.8 Å². The zero-order valence-corrected chi connectivity index (χ0v) is 16.3. The van der Waals surface area contributed by atoms with E-state index in [4.69, 9.17) is 4.74 Å². The molecule has 0 bridgehead atoms. The minimum absolute atomic E-state index is 0.0955. The van der Waals surface area contributed by atoms with E-state index in [1.54, 1.807) is 35.9 Å². The Balaban J connectivity index is 2.03. The summed E-state index contributed by atoms with van der Waals surface area (Å²) >= 11 is 0.782. The van der Waals surface area contributed by atoms with Gasteiger partial charge in [-0.15, -0.1) is 10.2 Å². The zero-order chi connectivity index (χ0) is 20.5. The number of methoxy groups -OCH3 is 1. The third-order valence-electron chi connectivity index (χ3n) is 3.83. The van der Waals surface area contributed by atoms with Crippen molar-refractivity contribution in [2.75, 3.05) is 7.11 Å². The summed E-state index contributed by atoms with van der Waals surface area (Å²) in [5.41, 5.74) is -4.75. The Bertz CT molecular complexity index is 1110. The first-order valence-electron chi connectivity index (χ1n) is 7.78. The molecule has 11 heteroatoms. The van der Waals surface area contributed by atoms with Crippen LogP contribution in [0.1, 0.15) is 0 Å². The van der Waals surface area contributed by atoms with Crippen LogP contribution in [-0.2, 0) is 16.9 Å². The van der Waals surface area contributed by atoms with Crippen LogP contribution in [0.5, 0.6) is 5.75 Å². The fraction of sp³-hybridized carbons (Fsp3) is 0.176. The molecule has 28 heavy (non-hydrogen) atoms. The second kappa shape index (κ2) is 7.47. The van der Waals surface area contributed by atoms with Crippen molar-refractivity contribution < 1.29 is 26.3 Å². The Morgan fingerprint density at radius 1 is 1.04 bits per heavy atom. The number of rotatable bonds is 5. The van der Waals surface area contributed by atoms with Gasteiger partial charge in [-0.3, -0.25) is 0 Å². The van der Waals surface area contributed by atoms with Gasteiger partial charge < -0.3 is 9.30 Å². The lowest BCUT2D eigenvalue weighted by atomic mass is 10.2. The Labute approximate surface area is 163 Å². The lowest BCUT2D eigenvalue weighted by Gasteiger charge is -2.12. The van der Waals surface area contributed by atoms with Crippen molar-refractivity contribution in [2.24, 2.45) is 7.05 Å². The molecule has 6 nitrogen and oxygen atoms in total. The number of alkyl halides is 3. The summed E-state index contributed by atoms with van der Waals surface area (Å²) in [4.78, 5) is -0.920. The highest BCUT2D eigenvalue weighted by atomic mass is 32.2. The number of benzene rings is 2. The summed E-state index contributed by atoms with van der Waals surface area (Å²) in [7, 11) is -2.36. The van der Waals surface area contributed by atoms with E-state index in [1.165, 1.54) is 25.3 Å². The molecule has 1 aromatic heterocycles. The fourth-order valence-electron chi connectivity index (χ4n) is 2.45. The molecule has 0 saturated carbocycles. The summed E-state index contributed by atoms with van der Waals surface area (Å²) in [6.45, 7) is 0. The van der Waals surface area contributed by atoms with Crippen molar-refractivity contribution in [3.05, 3.63) is 48.5 Å². The summed E-state index contributed by atoms with van der Waals surface area (Å²) in [5.74, 6) is 0.978. The van der Waals surface area contributed by atoms with Gasteiger partial charge in [0, 0.05) is 11.9 Å². The highest BCUT2D eigenvalue weighted by Crippen LogP contribution is 2.39. The number of sulfone groups is 1. The topological polar surface area (TPSA) is 74.1 Å². The minimum Gasteiger partial charge on any atom is -0.496 e. The van der Waals surface area contributed by atoms with Gasteiger partial charge in [0.15, 0.2) is 11.0 Å². The van der Waals surface area contributed by atoms with Crippen LogP contribution < -0.4 is 4.74 Å². The first-order chi connectivity index (χ1) is 13.2. The number of aromatic nitrogens is 3. The molecular formula is C17H14F3N3O3S2. The predicted octanol–water partition coefficient (Wildman–Crippen LogP) is 3.94. The smallest absolute Gasteiger partial charge is 0.496 e. The second-order valence-electron chi connectivity index (χ2n) is 5.56. The molecular weight excluding hydrogens is 415 g/mol.